The SMILES string of the molecule is CCCCCCCCc1ccc(CCC(CO)C(O)c2ccccc2N)cc1. The van der Waals surface area contributed by atoms with Crippen LogP contribution in [0.4, 0.5) is 5.69 Å². The van der Waals surface area contributed by atoms with Gasteiger partial charge in [-0.25, -0.2) is 0 Å². The van der Waals surface area contributed by atoms with Gasteiger partial charge < -0.3 is 15.9 Å². The summed E-state index contributed by atoms with van der Waals surface area (Å²) in [4.78, 5) is 0. The zero-order chi connectivity index (χ0) is 20.2. The van der Waals surface area contributed by atoms with Gasteiger partial charge in [0, 0.05) is 23.8 Å². The second-order valence-corrected chi connectivity index (χ2v) is 7.89. The number of para-hydroxylation sites is 1. The molecule has 0 aliphatic carbocycles. The van der Waals surface area contributed by atoms with Crippen LogP contribution >= 0.6 is 0 Å². The van der Waals surface area contributed by atoms with Crippen molar-refractivity contribution >= 4 is 5.69 Å². The summed E-state index contributed by atoms with van der Waals surface area (Å²) in [5.74, 6) is -0.215. The maximum atomic E-state index is 10.6. The van der Waals surface area contributed by atoms with Crippen LogP contribution in [-0.4, -0.2) is 16.8 Å². The molecule has 0 bridgehead atoms. The van der Waals surface area contributed by atoms with E-state index in [1.165, 1.54) is 49.7 Å². The van der Waals surface area contributed by atoms with Gasteiger partial charge in [0.05, 0.1) is 6.10 Å². The van der Waals surface area contributed by atoms with Crippen LogP contribution in [0.25, 0.3) is 0 Å². The van der Waals surface area contributed by atoms with E-state index in [4.69, 9.17) is 5.73 Å². The Morgan fingerprint density at radius 1 is 0.821 bits per heavy atom. The van der Waals surface area contributed by atoms with E-state index < -0.39 is 6.10 Å². The van der Waals surface area contributed by atoms with Crippen molar-refractivity contribution in [2.75, 3.05) is 12.3 Å². The third-order valence-corrected chi connectivity index (χ3v) is 5.64. The molecular formula is C25H37NO2. The van der Waals surface area contributed by atoms with Crippen LogP contribution in [0.2, 0.25) is 0 Å². The second-order valence-electron chi connectivity index (χ2n) is 7.89. The van der Waals surface area contributed by atoms with Gasteiger partial charge in [0.1, 0.15) is 0 Å². The van der Waals surface area contributed by atoms with Crippen LogP contribution in [0, 0.1) is 5.92 Å². The Morgan fingerprint density at radius 2 is 1.43 bits per heavy atom. The van der Waals surface area contributed by atoms with Crippen LogP contribution < -0.4 is 5.73 Å². The molecule has 0 saturated carbocycles. The van der Waals surface area contributed by atoms with Crippen molar-refractivity contribution in [2.24, 2.45) is 5.92 Å². The van der Waals surface area contributed by atoms with E-state index in [1.807, 2.05) is 18.2 Å². The molecule has 0 saturated heterocycles. The lowest BCUT2D eigenvalue weighted by Crippen LogP contribution is -2.18. The molecule has 0 heterocycles. The topological polar surface area (TPSA) is 66.5 Å². The summed E-state index contributed by atoms with van der Waals surface area (Å²) in [6.07, 6.45) is 9.93. The van der Waals surface area contributed by atoms with Gasteiger partial charge in [-0.3, -0.25) is 0 Å². The van der Waals surface area contributed by atoms with Gasteiger partial charge in [-0.1, -0.05) is 81.5 Å². The summed E-state index contributed by atoms with van der Waals surface area (Å²) in [5, 5.41) is 20.4. The van der Waals surface area contributed by atoms with Crippen molar-refractivity contribution in [2.45, 2.75) is 70.8 Å². The Morgan fingerprint density at radius 3 is 2.07 bits per heavy atom. The molecule has 0 fully saturated rings. The first-order valence-corrected chi connectivity index (χ1v) is 10.9. The summed E-state index contributed by atoms with van der Waals surface area (Å²) in [5.41, 5.74) is 9.90. The van der Waals surface area contributed by atoms with E-state index in [2.05, 4.69) is 31.2 Å². The molecule has 0 aromatic heterocycles. The highest BCUT2D eigenvalue weighted by Crippen LogP contribution is 2.29. The molecule has 0 spiro atoms. The average Bonchev–Trinajstić information content (AvgIpc) is 2.72. The zero-order valence-corrected chi connectivity index (χ0v) is 17.3. The second kappa shape index (κ2) is 12.6. The summed E-state index contributed by atoms with van der Waals surface area (Å²) in [7, 11) is 0. The molecular weight excluding hydrogens is 346 g/mol. The number of unbranched alkanes of at least 4 members (excludes halogenated alkanes) is 5. The van der Waals surface area contributed by atoms with Crippen molar-refractivity contribution in [3.63, 3.8) is 0 Å². The molecule has 2 aromatic carbocycles. The quantitative estimate of drug-likeness (QED) is 0.318. The molecule has 2 rings (SSSR count). The highest BCUT2D eigenvalue weighted by atomic mass is 16.3. The van der Waals surface area contributed by atoms with Crippen molar-refractivity contribution in [3.05, 3.63) is 65.2 Å². The fourth-order valence-electron chi connectivity index (χ4n) is 3.72. The van der Waals surface area contributed by atoms with Gasteiger partial charge >= 0.3 is 0 Å². The fourth-order valence-corrected chi connectivity index (χ4v) is 3.72. The van der Waals surface area contributed by atoms with Gasteiger partial charge in [-0.2, -0.15) is 0 Å². The minimum atomic E-state index is -0.738. The Hall–Kier alpha value is -1.84. The smallest absolute Gasteiger partial charge is 0.0860 e. The highest BCUT2D eigenvalue weighted by Gasteiger charge is 2.21. The predicted molar refractivity (Wildman–Crippen MR) is 118 cm³/mol. The first kappa shape index (κ1) is 22.4. The standard InChI is InChI=1S/C25H37NO2/c1-2-3-4-5-6-7-10-20-13-15-21(16-14-20)17-18-22(19-27)25(28)23-11-8-9-12-24(23)26/h8-9,11-16,22,25,27-28H,2-7,10,17-19,26H2,1H3. The lowest BCUT2D eigenvalue weighted by molar-refractivity contribution is 0.0625. The molecule has 0 aliphatic heterocycles. The molecule has 3 heteroatoms. The molecule has 0 amide bonds. The third-order valence-electron chi connectivity index (χ3n) is 5.64. The van der Waals surface area contributed by atoms with E-state index in [0.717, 1.165) is 19.3 Å². The van der Waals surface area contributed by atoms with Crippen LogP contribution in [0.5, 0.6) is 0 Å². The maximum Gasteiger partial charge on any atom is 0.0860 e. The normalized spacial score (nSPS) is 13.4. The third kappa shape index (κ3) is 7.29. The predicted octanol–water partition coefficient (Wildman–Crippen LogP) is 5.45. The first-order valence-electron chi connectivity index (χ1n) is 10.9. The van der Waals surface area contributed by atoms with Crippen molar-refractivity contribution in [3.8, 4) is 0 Å². The maximum absolute atomic E-state index is 10.6. The van der Waals surface area contributed by atoms with E-state index in [-0.39, 0.29) is 12.5 Å². The number of hydrogen-bond acceptors (Lipinski definition) is 3. The summed E-state index contributed by atoms with van der Waals surface area (Å²) in [6, 6.07) is 16.2. The lowest BCUT2D eigenvalue weighted by Gasteiger charge is -2.22. The minimum absolute atomic E-state index is 0.0500. The molecule has 2 aromatic rings. The van der Waals surface area contributed by atoms with E-state index >= 15 is 0 Å². The van der Waals surface area contributed by atoms with E-state index in [0.29, 0.717) is 11.3 Å². The molecule has 28 heavy (non-hydrogen) atoms. The van der Waals surface area contributed by atoms with Crippen molar-refractivity contribution in [1.29, 1.82) is 0 Å². The number of aryl methyl sites for hydroxylation is 2. The average molecular weight is 384 g/mol. The minimum Gasteiger partial charge on any atom is -0.398 e. The van der Waals surface area contributed by atoms with Gasteiger partial charge in [0.25, 0.3) is 0 Å². The zero-order valence-electron chi connectivity index (χ0n) is 17.3. The van der Waals surface area contributed by atoms with Crippen molar-refractivity contribution in [1.82, 2.24) is 0 Å². The van der Waals surface area contributed by atoms with Crippen LogP contribution in [0.3, 0.4) is 0 Å². The summed E-state index contributed by atoms with van der Waals surface area (Å²) >= 11 is 0. The Labute approximate surface area is 170 Å². The van der Waals surface area contributed by atoms with Gasteiger partial charge in [0.2, 0.25) is 0 Å². The number of anilines is 1. The lowest BCUT2D eigenvalue weighted by atomic mass is 9.90. The Balaban J connectivity index is 1.79. The van der Waals surface area contributed by atoms with E-state index in [1.54, 1.807) is 6.07 Å². The summed E-state index contributed by atoms with van der Waals surface area (Å²) < 4.78 is 0. The Kier molecular flexibility index (Phi) is 10.1. The number of aliphatic hydroxyl groups is 2. The number of rotatable bonds is 13. The van der Waals surface area contributed by atoms with Gasteiger partial charge in [-0.05, 0) is 42.9 Å². The molecule has 2 unspecified atom stereocenters. The molecule has 4 N–H and O–H groups in total. The first-order chi connectivity index (χ1) is 13.7. The van der Waals surface area contributed by atoms with Gasteiger partial charge in [0.15, 0.2) is 0 Å². The van der Waals surface area contributed by atoms with E-state index in [9.17, 15) is 10.2 Å². The van der Waals surface area contributed by atoms with Crippen LogP contribution in [0.1, 0.15) is 74.7 Å². The molecule has 3 nitrogen and oxygen atoms in total. The van der Waals surface area contributed by atoms with Crippen molar-refractivity contribution < 1.29 is 10.2 Å². The number of benzene rings is 2. The number of nitrogen functional groups attached to an aromatic ring is 1. The molecule has 154 valence electrons. The highest BCUT2D eigenvalue weighted by molar-refractivity contribution is 5.47. The van der Waals surface area contributed by atoms with Gasteiger partial charge in [-0.15, -0.1) is 0 Å². The number of aliphatic hydroxyl groups excluding tert-OH is 2. The molecule has 0 radical (unpaired) electrons. The number of nitrogens with two attached hydrogens (primary N) is 1. The number of hydrogen-bond donors (Lipinski definition) is 3. The monoisotopic (exact) mass is 383 g/mol. The molecule has 0 aliphatic rings. The molecule has 2 atom stereocenters. The fraction of sp³-hybridized carbons (Fsp3) is 0.520. The summed E-state index contributed by atoms with van der Waals surface area (Å²) in [6.45, 7) is 2.20. The van der Waals surface area contributed by atoms with Crippen LogP contribution in [0.15, 0.2) is 48.5 Å². The van der Waals surface area contributed by atoms with Crippen LogP contribution in [-0.2, 0) is 12.8 Å². The Bertz CT molecular complexity index is 669. The largest absolute Gasteiger partial charge is 0.398 e.